The van der Waals surface area contributed by atoms with Crippen molar-refractivity contribution in [3.63, 3.8) is 0 Å². The fourth-order valence-corrected chi connectivity index (χ4v) is 4.04. The standard InChI is InChI=1S/C23H29NO7/c24-18-6-3-14(23-22(28)21(27)20(26)19(11-25)31-23)10-15(18)9-13-1-4-16(5-2-13)30-17-7-8-29-12-17/h1-6,10,17,19-23,25-28H,7-9,11-12,24H2/t17-,19+,20+,21?,22+,23-/m0/s1. The van der Waals surface area contributed by atoms with Crippen molar-refractivity contribution in [2.24, 2.45) is 0 Å². The highest BCUT2D eigenvalue weighted by atomic mass is 16.5. The second-order valence-electron chi connectivity index (χ2n) is 8.13. The van der Waals surface area contributed by atoms with Gasteiger partial charge in [0.05, 0.1) is 19.8 Å². The molecule has 2 heterocycles. The number of rotatable bonds is 6. The Bertz CT molecular complexity index is 867. The molecule has 2 saturated heterocycles. The molecule has 4 rings (SSSR count). The van der Waals surface area contributed by atoms with Gasteiger partial charge in [0.1, 0.15) is 42.4 Å². The lowest BCUT2D eigenvalue weighted by molar-refractivity contribution is -0.231. The van der Waals surface area contributed by atoms with Crippen LogP contribution in [0.5, 0.6) is 5.75 Å². The summed E-state index contributed by atoms with van der Waals surface area (Å²) in [5, 5.41) is 39.9. The molecule has 2 aliphatic rings. The van der Waals surface area contributed by atoms with E-state index in [1.807, 2.05) is 30.3 Å². The summed E-state index contributed by atoms with van der Waals surface area (Å²) in [5.74, 6) is 0.794. The van der Waals surface area contributed by atoms with Crippen molar-refractivity contribution in [3.05, 3.63) is 59.2 Å². The summed E-state index contributed by atoms with van der Waals surface area (Å²) in [6, 6.07) is 13.1. The van der Waals surface area contributed by atoms with E-state index in [4.69, 9.17) is 19.9 Å². The number of hydrogen-bond donors (Lipinski definition) is 5. The van der Waals surface area contributed by atoms with Crippen molar-refractivity contribution in [1.29, 1.82) is 0 Å². The third-order valence-corrected chi connectivity index (χ3v) is 5.90. The smallest absolute Gasteiger partial charge is 0.124 e. The SMILES string of the molecule is Nc1ccc([C@@H]2O[C@H](CO)[C@@H](O)C(O)[C@H]2O)cc1Cc1ccc(O[C@H]2CCOC2)cc1. The van der Waals surface area contributed by atoms with E-state index < -0.39 is 37.1 Å². The van der Waals surface area contributed by atoms with Crippen molar-refractivity contribution in [2.45, 2.75) is 49.5 Å². The first-order valence-electron chi connectivity index (χ1n) is 10.5. The predicted molar refractivity (Wildman–Crippen MR) is 113 cm³/mol. The molecule has 0 spiro atoms. The Morgan fingerprint density at radius 2 is 1.77 bits per heavy atom. The summed E-state index contributed by atoms with van der Waals surface area (Å²) in [7, 11) is 0. The third-order valence-electron chi connectivity index (χ3n) is 5.90. The minimum absolute atomic E-state index is 0.0942. The number of ether oxygens (including phenoxy) is 3. The van der Waals surface area contributed by atoms with Gasteiger partial charge in [-0.2, -0.15) is 0 Å². The summed E-state index contributed by atoms with van der Waals surface area (Å²) in [5.41, 5.74) is 9.25. The molecule has 0 aliphatic carbocycles. The largest absolute Gasteiger partial charge is 0.488 e. The monoisotopic (exact) mass is 431 g/mol. The van der Waals surface area contributed by atoms with Gasteiger partial charge in [0.25, 0.3) is 0 Å². The zero-order valence-electron chi connectivity index (χ0n) is 17.1. The number of aliphatic hydroxyl groups excluding tert-OH is 4. The van der Waals surface area contributed by atoms with Crippen molar-refractivity contribution in [1.82, 2.24) is 0 Å². The molecule has 8 nitrogen and oxygen atoms in total. The van der Waals surface area contributed by atoms with Crippen LogP contribution in [0.2, 0.25) is 0 Å². The Kier molecular flexibility index (Phi) is 6.76. The number of nitrogen functional groups attached to an aromatic ring is 1. The minimum atomic E-state index is -1.42. The Morgan fingerprint density at radius 3 is 2.45 bits per heavy atom. The van der Waals surface area contributed by atoms with E-state index in [0.29, 0.717) is 24.3 Å². The fraction of sp³-hybridized carbons (Fsp3) is 0.478. The van der Waals surface area contributed by atoms with Gasteiger partial charge in [-0.25, -0.2) is 0 Å². The Balaban J connectivity index is 1.49. The maximum Gasteiger partial charge on any atom is 0.124 e. The van der Waals surface area contributed by atoms with E-state index in [0.717, 1.165) is 29.9 Å². The lowest BCUT2D eigenvalue weighted by atomic mass is 9.89. The zero-order valence-corrected chi connectivity index (χ0v) is 17.1. The third kappa shape index (κ3) is 4.85. The lowest BCUT2D eigenvalue weighted by Crippen LogP contribution is -2.55. The van der Waals surface area contributed by atoms with E-state index in [2.05, 4.69) is 0 Å². The number of hydrogen-bond acceptors (Lipinski definition) is 8. The molecule has 1 unspecified atom stereocenters. The number of benzene rings is 2. The van der Waals surface area contributed by atoms with Gasteiger partial charge in [0.15, 0.2) is 0 Å². The molecule has 0 radical (unpaired) electrons. The van der Waals surface area contributed by atoms with Crippen LogP contribution >= 0.6 is 0 Å². The Labute approximate surface area is 180 Å². The molecule has 2 aliphatic heterocycles. The van der Waals surface area contributed by atoms with E-state index in [1.165, 1.54) is 0 Å². The van der Waals surface area contributed by atoms with Crippen molar-refractivity contribution >= 4 is 5.69 Å². The summed E-state index contributed by atoms with van der Waals surface area (Å²) in [4.78, 5) is 0. The maximum absolute atomic E-state index is 10.4. The molecule has 168 valence electrons. The molecular weight excluding hydrogens is 402 g/mol. The van der Waals surface area contributed by atoms with Gasteiger partial charge >= 0.3 is 0 Å². The molecule has 2 aromatic rings. The zero-order chi connectivity index (χ0) is 22.0. The van der Waals surface area contributed by atoms with Crippen LogP contribution < -0.4 is 10.5 Å². The first-order chi connectivity index (χ1) is 15.0. The van der Waals surface area contributed by atoms with E-state index in [9.17, 15) is 20.4 Å². The van der Waals surface area contributed by atoms with Crippen molar-refractivity contribution < 1.29 is 34.6 Å². The summed E-state index contributed by atoms with van der Waals surface area (Å²) < 4.78 is 16.9. The molecule has 2 aromatic carbocycles. The maximum atomic E-state index is 10.4. The highest BCUT2D eigenvalue weighted by Gasteiger charge is 2.44. The van der Waals surface area contributed by atoms with Crippen LogP contribution in [0, 0.1) is 0 Å². The van der Waals surface area contributed by atoms with Crippen molar-refractivity contribution in [2.75, 3.05) is 25.6 Å². The Morgan fingerprint density at radius 1 is 1.00 bits per heavy atom. The normalized spacial score (nSPS) is 31.0. The van der Waals surface area contributed by atoms with E-state index in [-0.39, 0.29) is 6.10 Å². The van der Waals surface area contributed by atoms with Gasteiger partial charge in [-0.1, -0.05) is 24.3 Å². The second kappa shape index (κ2) is 9.52. The predicted octanol–water partition coefficient (Wildman–Crippen LogP) is 0.542. The van der Waals surface area contributed by atoms with Gasteiger partial charge in [-0.05, 0) is 41.3 Å². The molecule has 31 heavy (non-hydrogen) atoms. The second-order valence-corrected chi connectivity index (χ2v) is 8.13. The first-order valence-corrected chi connectivity index (χ1v) is 10.5. The van der Waals surface area contributed by atoms with Gasteiger partial charge in [0.2, 0.25) is 0 Å². The van der Waals surface area contributed by atoms with Crippen molar-refractivity contribution in [3.8, 4) is 5.75 Å². The van der Waals surface area contributed by atoms with Crippen LogP contribution in [0.3, 0.4) is 0 Å². The molecule has 2 fully saturated rings. The lowest BCUT2D eigenvalue weighted by Gasteiger charge is -2.40. The van der Waals surface area contributed by atoms with E-state index in [1.54, 1.807) is 12.1 Å². The highest BCUT2D eigenvalue weighted by molar-refractivity contribution is 5.51. The molecule has 0 amide bonds. The topological polar surface area (TPSA) is 135 Å². The molecule has 6 atom stereocenters. The van der Waals surface area contributed by atoms with Crippen LogP contribution in [-0.4, -0.2) is 70.8 Å². The molecule has 0 aromatic heterocycles. The molecule has 8 heteroatoms. The summed E-state index contributed by atoms with van der Waals surface area (Å²) in [6.45, 7) is 0.876. The van der Waals surface area contributed by atoms with Crippen LogP contribution in [0.4, 0.5) is 5.69 Å². The van der Waals surface area contributed by atoms with Gasteiger partial charge in [0, 0.05) is 12.1 Å². The highest BCUT2D eigenvalue weighted by Crippen LogP contribution is 2.34. The molecule has 0 bridgehead atoms. The minimum Gasteiger partial charge on any atom is -0.488 e. The number of aliphatic hydroxyl groups is 4. The molecule has 0 saturated carbocycles. The van der Waals surface area contributed by atoms with Gasteiger partial charge < -0.3 is 40.4 Å². The van der Waals surface area contributed by atoms with Crippen LogP contribution in [0.25, 0.3) is 0 Å². The van der Waals surface area contributed by atoms with E-state index >= 15 is 0 Å². The molecular formula is C23H29NO7. The summed E-state index contributed by atoms with van der Waals surface area (Å²) >= 11 is 0. The fourth-order valence-electron chi connectivity index (χ4n) is 4.04. The average molecular weight is 431 g/mol. The van der Waals surface area contributed by atoms with Crippen LogP contribution in [0.15, 0.2) is 42.5 Å². The number of nitrogens with two attached hydrogens (primary N) is 1. The quantitative estimate of drug-likeness (QED) is 0.419. The average Bonchev–Trinajstić information content (AvgIpc) is 3.28. The van der Waals surface area contributed by atoms with Crippen LogP contribution in [-0.2, 0) is 15.9 Å². The number of anilines is 1. The first kappa shape index (κ1) is 22.0. The van der Waals surface area contributed by atoms with Crippen LogP contribution in [0.1, 0.15) is 29.2 Å². The molecule has 6 N–H and O–H groups in total. The Hall–Kier alpha value is -2.20. The summed E-state index contributed by atoms with van der Waals surface area (Å²) in [6.07, 6.45) is -4.44. The van der Waals surface area contributed by atoms with Gasteiger partial charge in [-0.15, -0.1) is 0 Å². The van der Waals surface area contributed by atoms with Gasteiger partial charge in [-0.3, -0.25) is 0 Å².